The zero-order valence-corrected chi connectivity index (χ0v) is 11.7. The average molecular weight is 263 g/mol. The summed E-state index contributed by atoms with van der Waals surface area (Å²) in [4.78, 5) is 14.2. The van der Waals surface area contributed by atoms with E-state index >= 15 is 0 Å². The van der Waals surface area contributed by atoms with Gasteiger partial charge in [0.25, 0.3) is 0 Å². The molecule has 1 amide bonds. The molecule has 0 spiro atoms. The van der Waals surface area contributed by atoms with E-state index in [-0.39, 0.29) is 29.7 Å². The van der Waals surface area contributed by atoms with Gasteiger partial charge in [-0.05, 0) is 38.0 Å². The van der Waals surface area contributed by atoms with Crippen molar-refractivity contribution in [3.63, 3.8) is 0 Å². The number of carbonyl (C=O) groups excluding carboxylic acids is 1. The molecule has 4 nitrogen and oxygen atoms in total. The number of aromatic hydroxyl groups is 1. The van der Waals surface area contributed by atoms with Crippen LogP contribution < -0.4 is 0 Å². The number of hydrogen-bond donors (Lipinski definition) is 1. The molecular formula is C15H21NO3. The Morgan fingerprint density at radius 1 is 1.42 bits per heavy atom. The van der Waals surface area contributed by atoms with Crippen molar-refractivity contribution >= 4 is 5.91 Å². The third-order valence-corrected chi connectivity index (χ3v) is 4.00. The molecule has 0 saturated carbocycles. The molecule has 1 fully saturated rings. The first-order valence-corrected chi connectivity index (χ1v) is 6.68. The lowest BCUT2D eigenvalue weighted by atomic mass is 9.99. The monoisotopic (exact) mass is 263 g/mol. The van der Waals surface area contributed by atoms with E-state index in [2.05, 4.69) is 0 Å². The number of amides is 1. The minimum absolute atomic E-state index is 0.00182. The van der Waals surface area contributed by atoms with Crippen molar-refractivity contribution in [2.24, 2.45) is 5.92 Å². The van der Waals surface area contributed by atoms with Crippen LogP contribution in [0.3, 0.4) is 0 Å². The highest BCUT2D eigenvalue weighted by Gasteiger charge is 2.34. The van der Waals surface area contributed by atoms with Crippen LogP contribution >= 0.6 is 0 Å². The number of nitrogens with zero attached hydrogens (tertiary/aromatic N) is 1. The molecule has 3 unspecified atom stereocenters. The van der Waals surface area contributed by atoms with Crippen molar-refractivity contribution in [2.75, 3.05) is 13.7 Å². The summed E-state index contributed by atoms with van der Waals surface area (Å²) in [5.41, 5.74) is 1.01. The lowest BCUT2D eigenvalue weighted by Crippen LogP contribution is -2.37. The van der Waals surface area contributed by atoms with E-state index in [1.165, 1.54) is 0 Å². The minimum Gasteiger partial charge on any atom is -0.508 e. The third kappa shape index (κ3) is 2.89. The predicted octanol–water partition coefficient (Wildman–Crippen LogP) is 2.34. The largest absolute Gasteiger partial charge is 0.508 e. The molecule has 1 aliphatic rings. The summed E-state index contributed by atoms with van der Waals surface area (Å²) in [6, 6.07) is 6.97. The van der Waals surface area contributed by atoms with Crippen LogP contribution in [0.1, 0.15) is 31.9 Å². The number of carbonyl (C=O) groups is 1. The highest BCUT2D eigenvalue weighted by Crippen LogP contribution is 2.27. The van der Waals surface area contributed by atoms with E-state index in [1.807, 2.05) is 33.0 Å². The number of phenols is 1. The maximum atomic E-state index is 12.4. The van der Waals surface area contributed by atoms with Crippen molar-refractivity contribution in [3.8, 4) is 5.75 Å². The zero-order valence-electron chi connectivity index (χ0n) is 11.7. The molecule has 1 aromatic rings. The second-order valence-corrected chi connectivity index (χ2v) is 5.19. The van der Waals surface area contributed by atoms with Crippen LogP contribution in [-0.2, 0) is 9.53 Å². The van der Waals surface area contributed by atoms with Crippen molar-refractivity contribution < 1.29 is 14.6 Å². The third-order valence-electron chi connectivity index (χ3n) is 4.00. The van der Waals surface area contributed by atoms with Crippen LogP contribution in [0.25, 0.3) is 0 Å². The normalized spacial score (nSPS) is 24.2. The Hall–Kier alpha value is -1.55. The van der Waals surface area contributed by atoms with Gasteiger partial charge in [0.2, 0.25) is 5.91 Å². The minimum atomic E-state index is -0.0374. The lowest BCUT2D eigenvalue weighted by molar-refractivity contribution is -0.137. The number of phenolic OH excluding ortho intramolecular Hbond substituents is 1. The molecule has 1 aliphatic heterocycles. The first-order valence-electron chi connectivity index (χ1n) is 6.68. The lowest BCUT2D eigenvalue weighted by Gasteiger charge is -2.28. The molecule has 1 N–H and O–H groups in total. The molecule has 0 aromatic heterocycles. The Kier molecular flexibility index (Phi) is 4.10. The number of ether oxygens (including phenoxy) is 1. The highest BCUT2D eigenvalue weighted by atomic mass is 16.5. The van der Waals surface area contributed by atoms with Crippen LogP contribution in [0.2, 0.25) is 0 Å². The van der Waals surface area contributed by atoms with Crippen molar-refractivity contribution in [1.82, 2.24) is 4.90 Å². The fourth-order valence-electron chi connectivity index (χ4n) is 2.48. The van der Waals surface area contributed by atoms with Gasteiger partial charge in [-0.15, -0.1) is 0 Å². The van der Waals surface area contributed by atoms with Gasteiger partial charge in [0, 0.05) is 13.7 Å². The molecule has 19 heavy (non-hydrogen) atoms. The van der Waals surface area contributed by atoms with Crippen molar-refractivity contribution in [2.45, 2.75) is 32.4 Å². The molecule has 1 aromatic carbocycles. The summed E-state index contributed by atoms with van der Waals surface area (Å²) < 4.78 is 5.46. The topological polar surface area (TPSA) is 49.8 Å². The Bertz CT molecular complexity index is 443. The molecule has 0 bridgehead atoms. The fraction of sp³-hybridized carbons (Fsp3) is 0.533. The fourth-order valence-corrected chi connectivity index (χ4v) is 2.48. The van der Waals surface area contributed by atoms with Gasteiger partial charge < -0.3 is 14.7 Å². The summed E-state index contributed by atoms with van der Waals surface area (Å²) in [5.74, 6) is 0.331. The summed E-state index contributed by atoms with van der Waals surface area (Å²) >= 11 is 0. The molecule has 2 rings (SSSR count). The van der Waals surface area contributed by atoms with Gasteiger partial charge in [-0.1, -0.05) is 12.1 Å². The second-order valence-electron chi connectivity index (χ2n) is 5.19. The standard InChI is InChI=1S/C15H21NO3/c1-10(12-4-6-13(17)7-5-12)16(3)15(18)14-8-9-19-11(14)2/h4-7,10-11,14,17H,8-9H2,1-3H3. The average Bonchev–Trinajstić information content (AvgIpc) is 2.83. The Labute approximate surface area is 114 Å². The van der Waals surface area contributed by atoms with Gasteiger partial charge >= 0.3 is 0 Å². The summed E-state index contributed by atoms with van der Waals surface area (Å²) in [6.07, 6.45) is 0.800. The molecule has 0 radical (unpaired) electrons. The predicted molar refractivity (Wildman–Crippen MR) is 72.8 cm³/mol. The Morgan fingerprint density at radius 2 is 2.05 bits per heavy atom. The van der Waals surface area contributed by atoms with Gasteiger partial charge in [-0.25, -0.2) is 0 Å². The molecule has 104 valence electrons. The second kappa shape index (κ2) is 5.61. The molecule has 1 heterocycles. The molecular weight excluding hydrogens is 242 g/mol. The molecule has 3 atom stereocenters. The highest BCUT2D eigenvalue weighted by molar-refractivity contribution is 5.79. The van der Waals surface area contributed by atoms with Crippen LogP contribution in [-0.4, -0.2) is 35.7 Å². The van der Waals surface area contributed by atoms with Crippen LogP contribution in [0, 0.1) is 5.92 Å². The van der Waals surface area contributed by atoms with E-state index in [1.54, 1.807) is 17.0 Å². The van der Waals surface area contributed by atoms with E-state index in [4.69, 9.17) is 4.74 Å². The van der Waals surface area contributed by atoms with E-state index in [0.29, 0.717) is 6.61 Å². The summed E-state index contributed by atoms with van der Waals surface area (Å²) in [5, 5.41) is 9.30. The Morgan fingerprint density at radius 3 is 2.58 bits per heavy atom. The smallest absolute Gasteiger partial charge is 0.228 e. The van der Waals surface area contributed by atoms with Gasteiger partial charge in [0.15, 0.2) is 0 Å². The van der Waals surface area contributed by atoms with Gasteiger partial charge in [-0.3, -0.25) is 4.79 Å². The van der Waals surface area contributed by atoms with Crippen LogP contribution in [0.4, 0.5) is 0 Å². The van der Waals surface area contributed by atoms with Crippen molar-refractivity contribution in [3.05, 3.63) is 29.8 Å². The molecule has 1 saturated heterocycles. The van der Waals surface area contributed by atoms with Gasteiger partial charge in [-0.2, -0.15) is 0 Å². The van der Waals surface area contributed by atoms with E-state index < -0.39 is 0 Å². The quantitative estimate of drug-likeness (QED) is 0.910. The van der Waals surface area contributed by atoms with Gasteiger partial charge in [0.1, 0.15) is 5.75 Å². The first-order chi connectivity index (χ1) is 9.00. The van der Waals surface area contributed by atoms with Crippen molar-refractivity contribution in [1.29, 1.82) is 0 Å². The maximum Gasteiger partial charge on any atom is 0.228 e. The Balaban J connectivity index is 2.08. The first kappa shape index (κ1) is 13.9. The van der Waals surface area contributed by atoms with Crippen LogP contribution in [0.5, 0.6) is 5.75 Å². The zero-order chi connectivity index (χ0) is 14.0. The van der Waals surface area contributed by atoms with Crippen LogP contribution in [0.15, 0.2) is 24.3 Å². The number of benzene rings is 1. The number of rotatable bonds is 3. The van der Waals surface area contributed by atoms with Gasteiger partial charge in [0.05, 0.1) is 18.1 Å². The van der Waals surface area contributed by atoms with E-state index in [0.717, 1.165) is 12.0 Å². The number of hydrogen-bond acceptors (Lipinski definition) is 3. The molecule has 4 heteroatoms. The van der Waals surface area contributed by atoms with E-state index in [9.17, 15) is 9.90 Å². The summed E-state index contributed by atoms with van der Waals surface area (Å²) in [6.45, 7) is 4.61. The molecule has 0 aliphatic carbocycles. The SMILES string of the molecule is CC1OCCC1C(=O)N(C)C(C)c1ccc(O)cc1. The summed E-state index contributed by atoms with van der Waals surface area (Å²) in [7, 11) is 1.82. The maximum absolute atomic E-state index is 12.4.